The molecule has 0 saturated heterocycles. The third kappa shape index (κ3) is 76.1. The third-order valence-electron chi connectivity index (χ3n) is 16.3. The summed E-state index contributed by atoms with van der Waals surface area (Å²) >= 11 is 0. The van der Waals surface area contributed by atoms with Crippen molar-refractivity contribution in [2.24, 2.45) is 0 Å². The summed E-state index contributed by atoms with van der Waals surface area (Å²) in [5.74, 6) is -2.29. The highest BCUT2D eigenvalue weighted by Gasteiger charge is 2.22. The van der Waals surface area contributed by atoms with Gasteiger partial charge in [-0.15, -0.1) is 0 Å². The number of carboxylic acids is 1. The van der Waals surface area contributed by atoms with Gasteiger partial charge in [0.05, 0.1) is 40.3 Å². The van der Waals surface area contributed by atoms with Crippen molar-refractivity contribution in [3.63, 3.8) is 0 Å². The number of rotatable bonds is 70. The smallest absolute Gasteiger partial charge is 0.306 e. The number of aliphatic carboxylic acids is 1. The van der Waals surface area contributed by atoms with Crippen molar-refractivity contribution in [3.8, 4) is 0 Å². The van der Waals surface area contributed by atoms with Crippen molar-refractivity contribution in [3.05, 3.63) is 158 Å². The number of quaternary nitrogens is 1. The molecule has 2 atom stereocenters. The summed E-state index contributed by atoms with van der Waals surface area (Å²) in [4.78, 5) is 37.6. The highest BCUT2D eigenvalue weighted by Crippen LogP contribution is 2.18. The SMILES string of the molecule is CC/C=C\C/C=C\C/C=C\C/C=C\C/C=C\C/C=C\C/C=C\C/C=C\C/C=C\CCCCCCCCCCCCCC(=O)OC(COC(=O)CCCCCCCCCCCCCCCCCCCC/C=C\C/C=C\C/C=C\C/C=C\CC)COC(OCC[N+](C)(C)C)C(=O)[O-]. The van der Waals surface area contributed by atoms with Crippen LogP contribution in [-0.2, 0) is 33.3 Å². The van der Waals surface area contributed by atoms with Gasteiger partial charge in [-0.05, 0) is 122 Å². The van der Waals surface area contributed by atoms with Crippen molar-refractivity contribution < 1.29 is 42.9 Å². The molecule has 0 aliphatic carbocycles. The number of ether oxygens (including phenoxy) is 4. The van der Waals surface area contributed by atoms with Crippen LogP contribution in [0, 0.1) is 0 Å². The molecule has 0 aliphatic heterocycles. The fourth-order valence-corrected chi connectivity index (χ4v) is 10.5. The molecule has 0 N–H and O–H groups in total. The Hall–Kier alpha value is -5.09. The fourth-order valence-electron chi connectivity index (χ4n) is 10.5. The lowest BCUT2D eigenvalue weighted by atomic mass is 10.0. The average Bonchev–Trinajstić information content (AvgIpc) is 2.92. The highest BCUT2D eigenvalue weighted by molar-refractivity contribution is 5.70. The van der Waals surface area contributed by atoms with Gasteiger partial charge in [0, 0.05) is 12.8 Å². The molecule has 0 spiro atoms. The van der Waals surface area contributed by atoms with Crippen LogP contribution in [0.1, 0.15) is 309 Å². The van der Waals surface area contributed by atoms with Crippen LogP contribution in [0.4, 0.5) is 0 Å². The number of hydrogen-bond acceptors (Lipinski definition) is 8. The Balaban J connectivity index is 4.10. The summed E-state index contributed by atoms with van der Waals surface area (Å²) < 4.78 is 22.8. The second kappa shape index (κ2) is 74.7. The van der Waals surface area contributed by atoms with E-state index in [1.54, 1.807) is 0 Å². The van der Waals surface area contributed by atoms with E-state index in [4.69, 9.17) is 18.9 Å². The van der Waals surface area contributed by atoms with Crippen molar-refractivity contribution in [2.75, 3.05) is 47.5 Å². The van der Waals surface area contributed by atoms with Crippen LogP contribution in [0.2, 0.25) is 0 Å². The van der Waals surface area contributed by atoms with Crippen LogP contribution in [0.15, 0.2) is 158 Å². The molecule has 2 unspecified atom stereocenters. The van der Waals surface area contributed by atoms with Gasteiger partial charge < -0.3 is 33.3 Å². The average molecular weight is 1320 g/mol. The summed E-state index contributed by atoms with van der Waals surface area (Å²) in [6.45, 7) is 4.53. The van der Waals surface area contributed by atoms with Gasteiger partial charge in [0.1, 0.15) is 13.2 Å². The van der Waals surface area contributed by atoms with Crippen molar-refractivity contribution in [2.45, 2.75) is 322 Å². The molecule has 95 heavy (non-hydrogen) atoms. The molecule has 0 aromatic heterocycles. The third-order valence-corrected chi connectivity index (χ3v) is 16.3. The summed E-state index contributed by atoms with van der Waals surface area (Å²) in [5, 5.41) is 11.9. The second-order valence-electron chi connectivity index (χ2n) is 26.5. The number of unbranched alkanes of at least 4 members (excludes halogenated alkanes) is 29. The van der Waals surface area contributed by atoms with E-state index in [0.717, 1.165) is 128 Å². The monoisotopic (exact) mass is 1320 g/mol. The Labute approximate surface area is 584 Å². The van der Waals surface area contributed by atoms with E-state index >= 15 is 0 Å². The van der Waals surface area contributed by atoms with E-state index < -0.39 is 24.3 Å². The first-order valence-electron chi connectivity index (χ1n) is 38.6. The maximum Gasteiger partial charge on any atom is 0.306 e. The minimum absolute atomic E-state index is 0.142. The van der Waals surface area contributed by atoms with E-state index in [0.29, 0.717) is 17.4 Å². The normalized spacial score (nSPS) is 13.6. The van der Waals surface area contributed by atoms with Gasteiger partial charge in [0.15, 0.2) is 12.4 Å². The standard InChI is InChI=1S/C86H143NO8/c1-6-8-10-12-14-16-18-20-22-24-26-28-30-32-34-36-38-39-40-41-42-43-44-45-47-49-51-53-55-57-59-61-63-65-67-69-71-73-75-77-84(89)95-82(81-94-86(85(90)91)92-79-78-87(3,4)5)80-93-83(88)76-74-72-70-68-66-64-62-60-58-56-54-52-50-48-46-37-35-33-31-29-27-25-23-21-19-17-15-13-11-9-7-2/h8-11,14-17,20-23,26-29,32,34,38-39,41-42,44-45,49,51,82,86H,6-7,12-13,18-19,24-25,30-31,33,35-37,40,43,46-48,50,52-81H2,1-5H3/b10-8-,11-9-,16-14-,17-15-,22-20-,23-21-,28-26-,29-27-,34-32-,39-38-,42-41-,45-44-,51-49-. The van der Waals surface area contributed by atoms with Crippen molar-refractivity contribution >= 4 is 17.9 Å². The predicted molar refractivity (Wildman–Crippen MR) is 407 cm³/mol. The minimum Gasteiger partial charge on any atom is -0.545 e. The Bertz CT molecular complexity index is 2130. The van der Waals surface area contributed by atoms with Crippen LogP contribution in [0.3, 0.4) is 0 Å². The fraction of sp³-hybridized carbons (Fsp3) is 0.663. The van der Waals surface area contributed by atoms with Gasteiger partial charge in [-0.3, -0.25) is 9.59 Å². The van der Waals surface area contributed by atoms with Crippen molar-refractivity contribution in [1.82, 2.24) is 0 Å². The van der Waals surface area contributed by atoms with Crippen molar-refractivity contribution in [1.29, 1.82) is 0 Å². The van der Waals surface area contributed by atoms with Gasteiger partial charge in [-0.2, -0.15) is 0 Å². The molecule has 0 saturated carbocycles. The number of hydrogen-bond donors (Lipinski definition) is 0. The maximum absolute atomic E-state index is 13.0. The van der Waals surface area contributed by atoms with Crippen LogP contribution < -0.4 is 5.11 Å². The zero-order valence-corrected chi connectivity index (χ0v) is 61.7. The van der Waals surface area contributed by atoms with Crippen LogP contribution in [0.25, 0.3) is 0 Å². The van der Waals surface area contributed by atoms with E-state index in [1.807, 2.05) is 21.1 Å². The molecular weight excluding hydrogens is 1170 g/mol. The summed E-state index contributed by atoms with van der Waals surface area (Å²) in [5.41, 5.74) is 0. The van der Waals surface area contributed by atoms with Crippen LogP contribution in [-0.4, -0.2) is 82.3 Å². The Morgan fingerprint density at radius 3 is 0.842 bits per heavy atom. The van der Waals surface area contributed by atoms with E-state index in [9.17, 15) is 19.5 Å². The van der Waals surface area contributed by atoms with Gasteiger partial charge >= 0.3 is 11.9 Å². The Morgan fingerprint density at radius 2 is 0.568 bits per heavy atom. The van der Waals surface area contributed by atoms with E-state index in [1.165, 1.54) is 148 Å². The highest BCUT2D eigenvalue weighted by atomic mass is 16.7. The zero-order valence-electron chi connectivity index (χ0n) is 61.7. The predicted octanol–water partition coefficient (Wildman–Crippen LogP) is 23.5. The molecule has 0 rings (SSSR count). The molecule has 0 bridgehead atoms. The minimum atomic E-state index is -1.63. The number of allylic oxidation sites excluding steroid dienone is 26. The zero-order chi connectivity index (χ0) is 69.0. The van der Waals surface area contributed by atoms with Crippen LogP contribution in [0.5, 0.6) is 0 Å². The molecule has 540 valence electrons. The number of carboxylic acid groups (broad SMARTS) is 1. The first-order valence-corrected chi connectivity index (χ1v) is 38.6. The molecule has 0 aliphatic rings. The Morgan fingerprint density at radius 1 is 0.316 bits per heavy atom. The first-order chi connectivity index (χ1) is 46.6. The maximum atomic E-state index is 13.0. The largest absolute Gasteiger partial charge is 0.545 e. The molecular formula is C86H143NO8. The van der Waals surface area contributed by atoms with E-state index in [2.05, 4.69) is 172 Å². The lowest BCUT2D eigenvalue weighted by molar-refractivity contribution is -0.870. The molecule has 0 aromatic carbocycles. The molecule has 0 heterocycles. The quantitative estimate of drug-likeness (QED) is 0.0195. The van der Waals surface area contributed by atoms with Gasteiger partial charge in [0.25, 0.3) is 0 Å². The number of carbonyl (C=O) groups excluding carboxylic acids is 3. The van der Waals surface area contributed by atoms with Gasteiger partial charge in [0.2, 0.25) is 0 Å². The summed E-state index contributed by atoms with van der Waals surface area (Å²) in [7, 11) is 5.93. The topological polar surface area (TPSA) is 111 Å². The lowest BCUT2D eigenvalue weighted by Crippen LogP contribution is -2.44. The molecule has 0 fully saturated rings. The number of esters is 2. The molecule has 9 heteroatoms. The lowest BCUT2D eigenvalue weighted by Gasteiger charge is -2.26. The number of likely N-dealkylation sites (N-methyl/N-ethyl adjacent to an activating group) is 1. The van der Waals surface area contributed by atoms with Gasteiger partial charge in [-0.1, -0.05) is 332 Å². The second-order valence-corrected chi connectivity index (χ2v) is 26.5. The number of carbonyl (C=O) groups is 3. The first kappa shape index (κ1) is 89.9. The summed E-state index contributed by atoms with van der Waals surface area (Å²) in [6, 6.07) is 0. The Kier molecular flexibility index (Phi) is 70.7. The molecule has 0 radical (unpaired) electrons. The summed E-state index contributed by atoms with van der Waals surface area (Å²) in [6.07, 6.45) is 108. The van der Waals surface area contributed by atoms with E-state index in [-0.39, 0.29) is 38.6 Å². The number of nitrogens with zero attached hydrogens (tertiary/aromatic N) is 1. The van der Waals surface area contributed by atoms with Crippen LogP contribution >= 0.6 is 0 Å². The molecule has 0 amide bonds. The van der Waals surface area contributed by atoms with Gasteiger partial charge in [-0.25, -0.2) is 0 Å². The molecule has 0 aromatic rings. The molecule has 9 nitrogen and oxygen atoms in total.